The van der Waals surface area contributed by atoms with Crippen molar-refractivity contribution in [2.24, 2.45) is 0 Å². The van der Waals surface area contributed by atoms with Gasteiger partial charge in [-0.05, 0) is 43.1 Å². The molecular formula is C10H13ClN2. The molecule has 3 N–H and O–H groups in total. The van der Waals surface area contributed by atoms with E-state index in [4.69, 9.17) is 17.3 Å². The summed E-state index contributed by atoms with van der Waals surface area (Å²) in [6, 6.07) is 4.36. The van der Waals surface area contributed by atoms with Crippen molar-refractivity contribution in [2.75, 3.05) is 12.3 Å². The van der Waals surface area contributed by atoms with Gasteiger partial charge in [0.15, 0.2) is 0 Å². The van der Waals surface area contributed by atoms with Gasteiger partial charge in [0, 0.05) is 6.04 Å². The molecule has 0 aromatic heterocycles. The normalized spacial score (nSPS) is 21.2. The van der Waals surface area contributed by atoms with E-state index in [0.29, 0.717) is 16.8 Å². The topological polar surface area (TPSA) is 38.0 Å². The van der Waals surface area contributed by atoms with Crippen LogP contribution in [0, 0.1) is 0 Å². The number of nitrogen functional groups attached to an aromatic ring is 1. The van der Waals surface area contributed by atoms with E-state index in [9.17, 15) is 0 Å². The van der Waals surface area contributed by atoms with Crippen molar-refractivity contribution >= 4 is 17.3 Å². The summed E-state index contributed by atoms with van der Waals surface area (Å²) in [5, 5.41) is 4.05. The number of nitrogens with two attached hydrogens (primary N) is 1. The molecule has 1 heterocycles. The third kappa shape index (κ3) is 1.52. The summed E-state index contributed by atoms with van der Waals surface area (Å²) < 4.78 is 0. The highest BCUT2D eigenvalue weighted by Gasteiger charge is 2.16. The zero-order valence-electron chi connectivity index (χ0n) is 7.60. The summed E-state index contributed by atoms with van der Waals surface area (Å²) in [6.07, 6.45) is 1.04. The van der Waals surface area contributed by atoms with Gasteiger partial charge in [0.1, 0.15) is 0 Å². The maximum atomic E-state index is 5.96. The van der Waals surface area contributed by atoms with Gasteiger partial charge in [-0.3, -0.25) is 0 Å². The highest BCUT2D eigenvalue weighted by Crippen LogP contribution is 2.29. The van der Waals surface area contributed by atoms with E-state index >= 15 is 0 Å². The Morgan fingerprint density at radius 3 is 3.08 bits per heavy atom. The number of fused-ring (bicyclic) bond motifs is 1. The van der Waals surface area contributed by atoms with Crippen LogP contribution in [0.25, 0.3) is 0 Å². The van der Waals surface area contributed by atoms with Crippen LogP contribution < -0.4 is 11.1 Å². The largest absolute Gasteiger partial charge is 0.398 e. The number of anilines is 1. The Hall–Kier alpha value is -0.730. The maximum Gasteiger partial charge on any atom is 0.0638 e. The van der Waals surface area contributed by atoms with Crippen LogP contribution in [-0.2, 0) is 6.42 Å². The first-order valence-electron chi connectivity index (χ1n) is 4.49. The maximum absolute atomic E-state index is 5.96. The van der Waals surface area contributed by atoms with Gasteiger partial charge in [-0.1, -0.05) is 11.6 Å². The minimum atomic E-state index is 0.391. The van der Waals surface area contributed by atoms with Crippen LogP contribution in [0.1, 0.15) is 24.1 Å². The molecular weight excluding hydrogens is 184 g/mol. The van der Waals surface area contributed by atoms with Crippen LogP contribution in [-0.4, -0.2) is 6.54 Å². The Balaban J connectivity index is 2.52. The van der Waals surface area contributed by atoms with Crippen molar-refractivity contribution in [3.05, 3.63) is 28.3 Å². The number of rotatable bonds is 0. The number of halogens is 1. The van der Waals surface area contributed by atoms with Crippen LogP contribution in [0.3, 0.4) is 0 Å². The van der Waals surface area contributed by atoms with E-state index in [1.54, 1.807) is 0 Å². The fraction of sp³-hybridized carbons (Fsp3) is 0.400. The van der Waals surface area contributed by atoms with Crippen LogP contribution in [0.4, 0.5) is 5.69 Å². The molecule has 1 aliphatic heterocycles. The molecule has 1 atom stereocenters. The lowest BCUT2D eigenvalue weighted by Gasteiger charge is -2.24. The standard InChI is InChI=1S/C10H13ClN2/c1-6-8-5-9(11)10(12)4-7(8)2-3-13-6/h4-6,13H,2-3,12H2,1H3. The molecule has 2 rings (SSSR count). The molecule has 0 saturated heterocycles. The lowest BCUT2D eigenvalue weighted by Crippen LogP contribution is -2.27. The van der Waals surface area contributed by atoms with E-state index in [-0.39, 0.29) is 0 Å². The summed E-state index contributed by atoms with van der Waals surface area (Å²) in [5.74, 6) is 0. The van der Waals surface area contributed by atoms with Gasteiger partial charge >= 0.3 is 0 Å². The predicted molar refractivity (Wildman–Crippen MR) is 56.0 cm³/mol. The SMILES string of the molecule is CC1NCCc2cc(N)c(Cl)cc21. The van der Waals surface area contributed by atoms with E-state index in [1.807, 2.05) is 12.1 Å². The second-order valence-corrected chi connectivity index (χ2v) is 3.91. The molecule has 3 heteroatoms. The molecule has 0 bridgehead atoms. The van der Waals surface area contributed by atoms with Gasteiger partial charge < -0.3 is 11.1 Å². The van der Waals surface area contributed by atoms with Crippen molar-refractivity contribution in [3.63, 3.8) is 0 Å². The highest BCUT2D eigenvalue weighted by molar-refractivity contribution is 6.33. The fourth-order valence-electron chi connectivity index (χ4n) is 1.81. The highest BCUT2D eigenvalue weighted by atomic mass is 35.5. The zero-order valence-corrected chi connectivity index (χ0v) is 8.36. The summed E-state index contributed by atoms with van der Waals surface area (Å²) in [4.78, 5) is 0. The average Bonchev–Trinajstić information content (AvgIpc) is 2.09. The van der Waals surface area contributed by atoms with Crippen LogP contribution >= 0.6 is 11.6 Å². The monoisotopic (exact) mass is 196 g/mol. The first-order valence-corrected chi connectivity index (χ1v) is 4.87. The smallest absolute Gasteiger partial charge is 0.0638 e. The summed E-state index contributed by atoms with van der Waals surface area (Å²) >= 11 is 5.96. The molecule has 0 radical (unpaired) electrons. The summed E-state index contributed by atoms with van der Waals surface area (Å²) in [5.41, 5.74) is 9.04. The fourth-order valence-corrected chi connectivity index (χ4v) is 1.98. The minimum Gasteiger partial charge on any atom is -0.398 e. The molecule has 1 aromatic carbocycles. The van der Waals surface area contributed by atoms with Crippen molar-refractivity contribution in [2.45, 2.75) is 19.4 Å². The second kappa shape index (κ2) is 3.20. The Morgan fingerprint density at radius 2 is 2.31 bits per heavy atom. The number of benzene rings is 1. The predicted octanol–water partition coefficient (Wildman–Crippen LogP) is 2.13. The summed E-state index contributed by atoms with van der Waals surface area (Å²) in [7, 11) is 0. The first-order chi connectivity index (χ1) is 6.18. The molecule has 1 aliphatic rings. The van der Waals surface area contributed by atoms with Crippen LogP contribution in [0.5, 0.6) is 0 Å². The number of hydrogen-bond donors (Lipinski definition) is 2. The molecule has 0 fully saturated rings. The van der Waals surface area contributed by atoms with Crippen molar-refractivity contribution in [3.8, 4) is 0 Å². The van der Waals surface area contributed by atoms with E-state index in [0.717, 1.165) is 13.0 Å². The minimum absolute atomic E-state index is 0.391. The average molecular weight is 197 g/mol. The van der Waals surface area contributed by atoms with E-state index in [1.165, 1.54) is 11.1 Å². The Kier molecular flexibility index (Phi) is 2.18. The van der Waals surface area contributed by atoms with Gasteiger partial charge in [-0.15, -0.1) is 0 Å². The third-order valence-electron chi connectivity index (χ3n) is 2.57. The molecule has 0 saturated carbocycles. The van der Waals surface area contributed by atoms with Crippen LogP contribution in [0.2, 0.25) is 5.02 Å². The molecule has 0 spiro atoms. The Labute approximate surface area is 83.1 Å². The van der Waals surface area contributed by atoms with E-state index < -0.39 is 0 Å². The van der Waals surface area contributed by atoms with Crippen LogP contribution in [0.15, 0.2) is 12.1 Å². The molecule has 1 unspecified atom stereocenters. The zero-order chi connectivity index (χ0) is 9.42. The lowest BCUT2D eigenvalue weighted by molar-refractivity contribution is 0.541. The van der Waals surface area contributed by atoms with E-state index in [2.05, 4.69) is 12.2 Å². The first kappa shape index (κ1) is 8.85. The van der Waals surface area contributed by atoms with Gasteiger partial charge in [0.05, 0.1) is 10.7 Å². The molecule has 1 aromatic rings. The molecule has 0 aliphatic carbocycles. The van der Waals surface area contributed by atoms with Gasteiger partial charge in [-0.2, -0.15) is 0 Å². The Morgan fingerprint density at radius 1 is 1.54 bits per heavy atom. The molecule has 0 amide bonds. The molecule has 13 heavy (non-hydrogen) atoms. The molecule has 2 nitrogen and oxygen atoms in total. The van der Waals surface area contributed by atoms with Gasteiger partial charge in [0.2, 0.25) is 0 Å². The number of hydrogen-bond acceptors (Lipinski definition) is 2. The Bertz CT molecular complexity index is 336. The molecule has 70 valence electrons. The second-order valence-electron chi connectivity index (χ2n) is 3.50. The number of nitrogens with one attached hydrogen (secondary N) is 1. The third-order valence-corrected chi connectivity index (χ3v) is 2.90. The summed E-state index contributed by atoms with van der Waals surface area (Å²) in [6.45, 7) is 3.17. The van der Waals surface area contributed by atoms with Gasteiger partial charge in [-0.25, -0.2) is 0 Å². The van der Waals surface area contributed by atoms with Crippen molar-refractivity contribution in [1.82, 2.24) is 5.32 Å². The van der Waals surface area contributed by atoms with Crippen molar-refractivity contribution < 1.29 is 0 Å². The quantitative estimate of drug-likeness (QED) is 0.624. The van der Waals surface area contributed by atoms with Crippen molar-refractivity contribution in [1.29, 1.82) is 0 Å². The lowest BCUT2D eigenvalue weighted by atomic mass is 9.95. The van der Waals surface area contributed by atoms with Gasteiger partial charge in [0.25, 0.3) is 0 Å².